The zero-order chi connectivity index (χ0) is 13.3. The molecule has 0 aliphatic heterocycles. The van der Waals surface area contributed by atoms with Crippen LogP contribution in [-0.4, -0.2) is 6.29 Å². The summed E-state index contributed by atoms with van der Waals surface area (Å²) < 4.78 is 0. The van der Waals surface area contributed by atoms with Crippen molar-refractivity contribution >= 4 is 41.1 Å². The number of hydrogen-bond donors (Lipinski definition) is 0. The molecule has 0 heterocycles. The molecule has 0 saturated carbocycles. The van der Waals surface area contributed by atoms with E-state index in [4.69, 9.17) is 34.8 Å². The predicted molar refractivity (Wildman–Crippen MR) is 77.0 cm³/mol. The summed E-state index contributed by atoms with van der Waals surface area (Å²) in [6.07, 6.45) is 0.807. The van der Waals surface area contributed by atoms with Crippen molar-refractivity contribution in [3.05, 3.63) is 56.5 Å². The Morgan fingerprint density at radius 3 is 2.11 bits per heavy atom. The van der Waals surface area contributed by atoms with Gasteiger partial charge in [-0.25, -0.2) is 0 Å². The van der Waals surface area contributed by atoms with Crippen LogP contribution in [0.4, 0.5) is 0 Å². The third-order valence-electron chi connectivity index (χ3n) is 2.66. The number of carbonyl (C=O) groups is 1. The first-order valence-corrected chi connectivity index (χ1v) is 6.37. The van der Waals surface area contributed by atoms with Crippen molar-refractivity contribution in [1.29, 1.82) is 0 Å². The van der Waals surface area contributed by atoms with Gasteiger partial charge in [0.1, 0.15) is 6.29 Å². The van der Waals surface area contributed by atoms with Crippen LogP contribution in [0.2, 0.25) is 15.1 Å². The zero-order valence-electron chi connectivity index (χ0n) is 9.51. The maximum Gasteiger partial charge on any atom is 0.150 e. The average molecular weight is 300 g/mol. The standard InChI is InChI=1S/C14H9Cl3O/c1-8-4-9(7-18)2-3-11(8)14-12(16)5-10(15)6-13(14)17/h2-7H,1H3. The van der Waals surface area contributed by atoms with E-state index in [0.29, 0.717) is 20.6 Å². The first-order chi connectivity index (χ1) is 8.52. The first kappa shape index (κ1) is 13.4. The lowest BCUT2D eigenvalue weighted by atomic mass is 9.98. The summed E-state index contributed by atoms with van der Waals surface area (Å²) in [5, 5.41) is 1.49. The van der Waals surface area contributed by atoms with Gasteiger partial charge >= 0.3 is 0 Å². The SMILES string of the molecule is Cc1cc(C=O)ccc1-c1c(Cl)cc(Cl)cc1Cl. The maximum absolute atomic E-state index is 10.7. The molecule has 2 rings (SSSR count). The fraction of sp³-hybridized carbons (Fsp3) is 0.0714. The van der Waals surface area contributed by atoms with Crippen LogP contribution in [-0.2, 0) is 0 Å². The smallest absolute Gasteiger partial charge is 0.150 e. The van der Waals surface area contributed by atoms with E-state index >= 15 is 0 Å². The van der Waals surface area contributed by atoms with Crippen LogP contribution in [0, 0.1) is 6.92 Å². The van der Waals surface area contributed by atoms with Crippen molar-refractivity contribution in [3.63, 3.8) is 0 Å². The van der Waals surface area contributed by atoms with Gasteiger partial charge in [-0.15, -0.1) is 0 Å². The summed E-state index contributed by atoms with van der Waals surface area (Å²) in [7, 11) is 0. The molecule has 0 saturated heterocycles. The minimum absolute atomic E-state index is 0.495. The molecule has 0 unspecified atom stereocenters. The topological polar surface area (TPSA) is 17.1 Å². The van der Waals surface area contributed by atoms with Gasteiger partial charge in [0.25, 0.3) is 0 Å². The van der Waals surface area contributed by atoms with Crippen LogP contribution in [0.25, 0.3) is 11.1 Å². The molecule has 0 amide bonds. The van der Waals surface area contributed by atoms with Crippen molar-refractivity contribution in [3.8, 4) is 11.1 Å². The average Bonchev–Trinajstić information content (AvgIpc) is 2.29. The predicted octanol–water partition coefficient (Wildman–Crippen LogP) is 5.43. The van der Waals surface area contributed by atoms with E-state index in [2.05, 4.69) is 0 Å². The first-order valence-electron chi connectivity index (χ1n) is 5.23. The molecule has 18 heavy (non-hydrogen) atoms. The Morgan fingerprint density at radius 1 is 1.00 bits per heavy atom. The molecule has 2 aromatic rings. The molecular weight excluding hydrogens is 291 g/mol. The quantitative estimate of drug-likeness (QED) is 0.675. The van der Waals surface area contributed by atoms with E-state index in [0.717, 1.165) is 23.0 Å². The van der Waals surface area contributed by atoms with Gasteiger partial charge in [-0.05, 0) is 36.2 Å². The van der Waals surface area contributed by atoms with Crippen molar-refractivity contribution in [1.82, 2.24) is 0 Å². The van der Waals surface area contributed by atoms with Gasteiger partial charge in [-0.2, -0.15) is 0 Å². The Labute approximate surface area is 120 Å². The lowest BCUT2D eigenvalue weighted by Gasteiger charge is -2.11. The maximum atomic E-state index is 10.7. The van der Waals surface area contributed by atoms with Crippen LogP contribution in [0.5, 0.6) is 0 Å². The Morgan fingerprint density at radius 2 is 1.61 bits per heavy atom. The van der Waals surface area contributed by atoms with Crippen LogP contribution in [0.15, 0.2) is 30.3 Å². The molecule has 0 aromatic heterocycles. The molecule has 0 radical (unpaired) electrons. The highest BCUT2D eigenvalue weighted by Crippen LogP contribution is 2.38. The van der Waals surface area contributed by atoms with Crippen LogP contribution >= 0.6 is 34.8 Å². The summed E-state index contributed by atoms with van der Waals surface area (Å²) in [6, 6.07) is 8.66. The molecule has 0 N–H and O–H groups in total. The fourth-order valence-electron chi connectivity index (χ4n) is 1.84. The molecule has 4 heteroatoms. The summed E-state index contributed by atoms with van der Waals surface area (Å²) in [6.45, 7) is 1.91. The lowest BCUT2D eigenvalue weighted by Crippen LogP contribution is -1.89. The third-order valence-corrected chi connectivity index (χ3v) is 3.48. The molecule has 1 nitrogen and oxygen atoms in total. The number of aldehydes is 1. The van der Waals surface area contributed by atoms with Crippen molar-refractivity contribution in [2.75, 3.05) is 0 Å². The van der Waals surface area contributed by atoms with E-state index < -0.39 is 0 Å². The van der Waals surface area contributed by atoms with Gasteiger partial charge in [-0.3, -0.25) is 4.79 Å². The van der Waals surface area contributed by atoms with E-state index in [-0.39, 0.29) is 0 Å². The molecule has 0 atom stereocenters. The molecule has 0 aliphatic rings. The van der Waals surface area contributed by atoms with Crippen molar-refractivity contribution < 1.29 is 4.79 Å². The number of aryl methyl sites for hydroxylation is 1. The van der Waals surface area contributed by atoms with E-state index in [1.807, 2.05) is 13.0 Å². The molecule has 0 aliphatic carbocycles. The van der Waals surface area contributed by atoms with Gasteiger partial charge in [0.15, 0.2) is 0 Å². The summed E-state index contributed by atoms with van der Waals surface area (Å²) in [5.41, 5.74) is 3.19. The third kappa shape index (κ3) is 2.54. The highest BCUT2D eigenvalue weighted by molar-refractivity contribution is 6.41. The van der Waals surface area contributed by atoms with Gasteiger partial charge in [0.2, 0.25) is 0 Å². The van der Waals surface area contributed by atoms with E-state index in [9.17, 15) is 4.79 Å². The van der Waals surface area contributed by atoms with Crippen LogP contribution < -0.4 is 0 Å². The Bertz CT molecular complexity index is 597. The second-order valence-corrected chi connectivity index (χ2v) is 5.19. The van der Waals surface area contributed by atoms with Crippen molar-refractivity contribution in [2.45, 2.75) is 6.92 Å². The molecule has 2 aromatic carbocycles. The number of benzene rings is 2. The highest BCUT2D eigenvalue weighted by atomic mass is 35.5. The van der Waals surface area contributed by atoms with E-state index in [1.165, 1.54) is 0 Å². The van der Waals surface area contributed by atoms with Gasteiger partial charge < -0.3 is 0 Å². The molecule has 92 valence electrons. The monoisotopic (exact) mass is 298 g/mol. The van der Waals surface area contributed by atoms with Crippen LogP contribution in [0.3, 0.4) is 0 Å². The van der Waals surface area contributed by atoms with Gasteiger partial charge in [0.05, 0.1) is 10.0 Å². The Hall–Kier alpha value is -1.02. The second kappa shape index (κ2) is 5.31. The molecule has 0 bridgehead atoms. The normalized spacial score (nSPS) is 10.4. The van der Waals surface area contributed by atoms with Gasteiger partial charge in [-0.1, -0.05) is 46.9 Å². The largest absolute Gasteiger partial charge is 0.298 e. The fourth-order valence-corrected chi connectivity index (χ4v) is 2.86. The lowest BCUT2D eigenvalue weighted by molar-refractivity contribution is 0.112. The minimum atomic E-state index is 0.495. The number of hydrogen-bond acceptors (Lipinski definition) is 1. The number of carbonyl (C=O) groups excluding carboxylic acids is 1. The van der Waals surface area contributed by atoms with E-state index in [1.54, 1.807) is 24.3 Å². The summed E-state index contributed by atoms with van der Waals surface area (Å²) in [4.78, 5) is 10.7. The molecular formula is C14H9Cl3O. The second-order valence-electron chi connectivity index (χ2n) is 3.94. The Balaban J connectivity index is 2.66. The highest BCUT2D eigenvalue weighted by Gasteiger charge is 2.12. The number of rotatable bonds is 2. The summed E-state index contributed by atoms with van der Waals surface area (Å²) in [5.74, 6) is 0. The minimum Gasteiger partial charge on any atom is -0.298 e. The summed E-state index contributed by atoms with van der Waals surface area (Å²) >= 11 is 18.2. The zero-order valence-corrected chi connectivity index (χ0v) is 11.8. The number of halogens is 3. The van der Waals surface area contributed by atoms with Crippen LogP contribution in [0.1, 0.15) is 15.9 Å². The van der Waals surface area contributed by atoms with Gasteiger partial charge in [0, 0.05) is 16.1 Å². The molecule has 0 fully saturated rings. The molecule has 0 spiro atoms. The Kier molecular flexibility index (Phi) is 3.96. The van der Waals surface area contributed by atoms with Crippen molar-refractivity contribution in [2.24, 2.45) is 0 Å².